The van der Waals surface area contributed by atoms with Crippen molar-refractivity contribution in [1.29, 1.82) is 0 Å². The van der Waals surface area contributed by atoms with Crippen molar-refractivity contribution >= 4 is 34.8 Å². The fraction of sp³-hybridized carbons (Fsp3) is 0.333. The quantitative estimate of drug-likeness (QED) is 0.633. The number of nitrogens with zero attached hydrogens (tertiary/aromatic N) is 1. The van der Waals surface area contributed by atoms with Crippen LogP contribution in [0.2, 0.25) is 10.0 Å². The van der Waals surface area contributed by atoms with E-state index in [1.54, 1.807) is 18.2 Å². The number of benzene rings is 1. The number of carbonyl (C=O) groups is 1. The van der Waals surface area contributed by atoms with Gasteiger partial charge in [-0.2, -0.15) is 0 Å². The van der Waals surface area contributed by atoms with Crippen LogP contribution < -0.4 is 20.3 Å². The standard InChI is InChI=1S/C21H21Cl2N3O4/c1-12-8-21(2,30-26-12)11-28-18-7-13(3-6-17(18)29-14-4-5-14)20(27)25-19-15(22)9-24-10-16(19)23/h3,6-10,14,26H,4-5,11H2,1-2H3,(H,24,25,27). The average Bonchev–Trinajstić information content (AvgIpc) is 3.46. The van der Waals surface area contributed by atoms with Crippen LogP contribution in [0.15, 0.2) is 42.4 Å². The molecular formula is C21H21Cl2N3O4. The van der Waals surface area contributed by atoms with Crippen LogP contribution >= 0.6 is 23.2 Å². The van der Waals surface area contributed by atoms with E-state index in [0.29, 0.717) is 22.7 Å². The molecular weight excluding hydrogens is 429 g/mol. The van der Waals surface area contributed by atoms with E-state index in [0.717, 1.165) is 18.5 Å². The third-order valence-electron chi connectivity index (χ3n) is 4.60. The summed E-state index contributed by atoms with van der Waals surface area (Å²) in [5.41, 5.74) is 3.79. The highest BCUT2D eigenvalue weighted by Crippen LogP contribution is 2.36. The van der Waals surface area contributed by atoms with Crippen LogP contribution in [0, 0.1) is 0 Å². The maximum absolute atomic E-state index is 12.8. The van der Waals surface area contributed by atoms with Crippen LogP contribution in [0.1, 0.15) is 37.0 Å². The zero-order valence-corrected chi connectivity index (χ0v) is 18.0. The molecule has 0 spiro atoms. The largest absolute Gasteiger partial charge is 0.487 e. The maximum Gasteiger partial charge on any atom is 0.255 e. The lowest BCUT2D eigenvalue weighted by atomic mass is 10.1. The van der Waals surface area contributed by atoms with Crippen LogP contribution in [0.4, 0.5) is 5.69 Å². The molecule has 0 bridgehead atoms. The van der Waals surface area contributed by atoms with Gasteiger partial charge in [-0.1, -0.05) is 23.2 Å². The molecule has 2 heterocycles. The Hall–Kier alpha value is -2.48. The molecule has 1 atom stereocenters. The minimum Gasteiger partial charge on any atom is -0.487 e. The normalized spacial score (nSPS) is 20.3. The number of allylic oxidation sites excluding steroid dienone is 1. The predicted octanol–water partition coefficient (Wildman–Crippen LogP) is 4.76. The molecule has 2 aromatic rings. The number of hydroxylamine groups is 1. The van der Waals surface area contributed by atoms with E-state index in [1.807, 2.05) is 19.9 Å². The molecule has 0 radical (unpaired) electrons. The Bertz CT molecular complexity index is 989. The van der Waals surface area contributed by atoms with Crippen molar-refractivity contribution < 1.29 is 19.1 Å². The van der Waals surface area contributed by atoms with Crippen molar-refractivity contribution in [2.75, 3.05) is 11.9 Å². The molecule has 2 aliphatic rings. The molecule has 4 rings (SSSR count). The van der Waals surface area contributed by atoms with Gasteiger partial charge in [-0.15, -0.1) is 0 Å². The topological polar surface area (TPSA) is 81.7 Å². The van der Waals surface area contributed by atoms with Gasteiger partial charge >= 0.3 is 0 Å². The van der Waals surface area contributed by atoms with E-state index >= 15 is 0 Å². The number of nitrogens with one attached hydrogen (secondary N) is 2. The second-order valence-electron chi connectivity index (χ2n) is 7.54. The maximum atomic E-state index is 12.8. The van der Waals surface area contributed by atoms with Crippen LogP contribution in [-0.4, -0.2) is 29.2 Å². The van der Waals surface area contributed by atoms with Gasteiger partial charge in [-0.3, -0.25) is 20.1 Å². The van der Waals surface area contributed by atoms with E-state index in [1.165, 1.54) is 12.4 Å². The van der Waals surface area contributed by atoms with Crippen molar-refractivity contribution in [1.82, 2.24) is 10.5 Å². The zero-order valence-electron chi connectivity index (χ0n) is 16.5. The van der Waals surface area contributed by atoms with Crippen LogP contribution in [0.3, 0.4) is 0 Å². The Morgan fingerprint density at radius 2 is 2.03 bits per heavy atom. The van der Waals surface area contributed by atoms with Gasteiger partial charge in [-0.25, -0.2) is 0 Å². The van der Waals surface area contributed by atoms with Gasteiger partial charge < -0.3 is 14.8 Å². The van der Waals surface area contributed by atoms with Gasteiger partial charge in [-0.05, 0) is 51.0 Å². The number of halogens is 2. The summed E-state index contributed by atoms with van der Waals surface area (Å²) in [6, 6.07) is 5.04. The predicted molar refractivity (Wildman–Crippen MR) is 114 cm³/mol. The number of hydrogen-bond donors (Lipinski definition) is 2. The van der Waals surface area contributed by atoms with E-state index in [-0.39, 0.29) is 28.7 Å². The van der Waals surface area contributed by atoms with Gasteiger partial charge in [0.15, 0.2) is 11.5 Å². The second kappa shape index (κ2) is 8.34. The molecule has 1 saturated carbocycles. The van der Waals surface area contributed by atoms with Gasteiger partial charge in [0.1, 0.15) is 12.2 Å². The highest BCUT2D eigenvalue weighted by molar-refractivity contribution is 6.39. The van der Waals surface area contributed by atoms with Crippen molar-refractivity contribution in [2.24, 2.45) is 0 Å². The summed E-state index contributed by atoms with van der Waals surface area (Å²) in [7, 11) is 0. The summed E-state index contributed by atoms with van der Waals surface area (Å²) in [5.74, 6) is 0.669. The second-order valence-corrected chi connectivity index (χ2v) is 8.36. The number of amides is 1. The highest BCUT2D eigenvalue weighted by Gasteiger charge is 2.31. The smallest absolute Gasteiger partial charge is 0.255 e. The van der Waals surface area contributed by atoms with E-state index < -0.39 is 5.60 Å². The number of pyridine rings is 1. The van der Waals surface area contributed by atoms with E-state index in [4.69, 9.17) is 37.5 Å². The molecule has 1 aliphatic carbocycles. The Labute approximate surface area is 184 Å². The van der Waals surface area contributed by atoms with Gasteiger partial charge in [0.2, 0.25) is 0 Å². The minimum absolute atomic E-state index is 0.184. The van der Waals surface area contributed by atoms with E-state index in [9.17, 15) is 4.79 Å². The lowest BCUT2D eigenvalue weighted by Crippen LogP contribution is -2.33. The third-order valence-corrected chi connectivity index (χ3v) is 5.17. The Morgan fingerprint density at radius 1 is 1.30 bits per heavy atom. The molecule has 9 heteroatoms. The highest BCUT2D eigenvalue weighted by atomic mass is 35.5. The number of ether oxygens (including phenoxy) is 2. The van der Waals surface area contributed by atoms with Gasteiger partial charge in [0.25, 0.3) is 5.91 Å². The summed E-state index contributed by atoms with van der Waals surface area (Å²) in [6.45, 7) is 4.06. The summed E-state index contributed by atoms with van der Waals surface area (Å²) in [4.78, 5) is 22.2. The Morgan fingerprint density at radius 3 is 2.67 bits per heavy atom. The number of hydrogen-bond acceptors (Lipinski definition) is 6. The minimum atomic E-state index is -0.628. The lowest BCUT2D eigenvalue weighted by molar-refractivity contribution is -0.0526. The van der Waals surface area contributed by atoms with Crippen LogP contribution in [-0.2, 0) is 4.84 Å². The van der Waals surface area contributed by atoms with Crippen molar-refractivity contribution in [3.8, 4) is 11.5 Å². The number of anilines is 1. The Kier molecular flexibility index (Phi) is 5.77. The summed E-state index contributed by atoms with van der Waals surface area (Å²) in [5, 5.41) is 3.23. The molecule has 7 nitrogen and oxygen atoms in total. The zero-order chi connectivity index (χ0) is 21.3. The first-order chi connectivity index (χ1) is 14.3. The molecule has 1 unspecified atom stereocenters. The molecule has 1 amide bonds. The number of carbonyl (C=O) groups excluding carboxylic acids is 1. The Balaban J connectivity index is 1.55. The van der Waals surface area contributed by atoms with Gasteiger partial charge in [0, 0.05) is 23.7 Å². The monoisotopic (exact) mass is 449 g/mol. The third kappa shape index (κ3) is 4.80. The van der Waals surface area contributed by atoms with Crippen molar-refractivity contribution in [3.05, 3.63) is 58.0 Å². The summed E-state index contributed by atoms with van der Waals surface area (Å²) < 4.78 is 12.0. The first-order valence-electron chi connectivity index (χ1n) is 9.50. The van der Waals surface area contributed by atoms with Crippen molar-refractivity contribution in [3.63, 3.8) is 0 Å². The molecule has 1 fully saturated rings. The molecule has 1 aromatic carbocycles. The lowest BCUT2D eigenvalue weighted by Gasteiger charge is -2.22. The fourth-order valence-corrected chi connectivity index (χ4v) is 3.41. The average molecular weight is 450 g/mol. The number of aromatic nitrogens is 1. The molecule has 1 aromatic heterocycles. The van der Waals surface area contributed by atoms with Gasteiger partial charge in [0.05, 0.1) is 21.8 Å². The van der Waals surface area contributed by atoms with Crippen LogP contribution in [0.5, 0.6) is 11.5 Å². The van der Waals surface area contributed by atoms with Crippen molar-refractivity contribution in [2.45, 2.75) is 38.4 Å². The molecule has 30 heavy (non-hydrogen) atoms. The number of rotatable bonds is 7. The molecule has 1 aliphatic heterocycles. The fourth-order valence-electron chi connectivity index (χ4n) is 2.95. The first-order valence-corrected chi connectivity index (χ1v) is 10.3. The first kappa shape index (κ1) is 20.8. The summed E-state index contributed by atoms with van der Waals surface area (Å²) in [6.07, 6.45) is 6.97. The molecule has 2 N–H and O–H groups in total. The molecule has 0 saturated heterocycles. The SMILES string of the molecule is CC1=CC(C)(COc2cc(C(=O)Nc3c(Cl)cncc3Cl)ccc2OC2CC2)ON1. The van der Waals surface area contributed by atoms with Crippen LogP contribution in [0.25, 0.3) is 0 Å². The summed E-state index contributed by atoms with van der Waals surface area (Å²) >= 11 is 12.2. The van der Waals surface area contributed by atoms with E-state index in [2.05, 4.69) is 15.8 Å². The molecule has 158 valence electrons.